The zero-order valence-electron chi connectivity index (χ0n) is 6.52. The van der Waals surface area contributed by atoms with Crippen LogP contribution >= 0.6 is 0 Å². The van der Waals surface area contributed by atoms with Gasteiger partial charge in [0.05, 0.1) is 6.10 Å². The second-order valence-electron chi connectivity index (χ2n) is 2.54. The van der Waals surface area contributed by atoms with Gasteiger partial charge in [0.1, 0.15) is 0 Å². The van der Waals surface area contributed by atoms with Crippen LogP contribution in [0.1, 0.15) is 13.3 Å². The van der Waals surface area contributed by atoms with Gasteiger partial charge in [0, 0.05) is 0 Å². The van der Waals surface area contributed by atoms with Gasteiger partial charge >= 0.3 is 5.97 Å². The fourth-order valence-corrected chi connectivity index (χ4v) is 0.941. The number of aliphatic hydroxyl groups is 3. The molecule has 0 radical (unpaired) electrons. The molecule has 3 N–H and O–H groups in total. The van der Waals surface area contributed by atoms with E-state index >= 15 is 0 Å². The predicted molar refractivity (Wildman–Crippen MR) is 38.5 cm³/mol. The standard InChI is InChI=1S/C7H10O5/c1-2-3(8)6-4(9)5(10)7(11)12-6/h3,6,8-10H,2H2,1H3/t3-,6+/m0/s1/i7+1. The minimum absolute atomic E-state index is 0.329. The lowest BCUT2D eigenvalue weighted by Gasteiger charge is -2.14. The Morgan fingerprint density at radius 1 is 1.58 bits per heavy atom. The van der Waals surface area contributed by atoms with Crippen LogP contribution in [-0.2, 0) is 9.53 Å². The normalized spacial score (nSPS) is 25.8. The van der Waals surface area contributed by atoms with Gasteiger partial charge in [-0.25, -0.2) is 4.79 Å². The maximum absolute atomic E-state index is 10.6. The van der Waals surface area contributed by atoms with Crippen LogP contribution in [0.4, 0.5) is 0 Å². The number of carbonyl (C=O) groups is 1. The minimum Gasteiger partial charge on any atom is -0.505 e. The first-order valence-corrected chi connectivity index (χ1v) is 3.59. The van der Waals surface area contributed by atoms with Gasteiger partial charge in [-0.05, 0) is 6.42 Å². The van der Waals surface area contributed by atoms with Crippen molar-refractivity contribution in [2.24, 2.45) is 0 Å². The first kappa shape index (κ1) is 8.86. The number of rotatable bonds is 2. The third-order valence-electron chi connectivity index (χ3n) is 1.71. The summed E-state index contributed by atoms with van der Waals surface area (Å²) >= 11 is 0. The van der Waals surface area contributed by atoms with Crippen molar-refractivity contribution in [2.75, 3.05) is 0 Å². The first-order valence-electron chi connectivity index (χ1n) is 3.59. The molecule has 0 fully saturated rings. The zero-order chi connectivity index (χ0) is 9.30. The lowest BCUT2D eigenvalue weighted by Crippen LogP contribution is -2.27. The molecule has 1 rings (SSSR count). The smallest absolute Gasteiger partial charge is 0.377 e. The lowest BCUT2D eigenvalue weighted by molar-refractivity contribution is -0.146. The summed E-state index contributed by atoms with van der Waals surface area (Å²) in [4.78, 5) is 10.6. The topological polar surface area (TPSA) is 87.0 Å². The van der Waals surface area contributed by atoms with Gasteiger partial charge in [-0.2, -0.15) is 0 Å². The Hall–Kier alpha value is -1.23. The highest BCUT2D eigenvalue weighted by molar-refractivity contribution is 5.89. The van der Waals surface area contributed by atoms with Crippen molar-refractivity contribution < 1.29 is 24.9 Å². The molecular formula is C7H10O5. The average Bonchev–Trinajstić information content (AvgIpc) is 2.32. The number of esters is 1. The number of hydrogen-bond donors (Lipinski definition) is 3. The Kier molecular flexibility index (Phi) is 2.23. The van der Waals surface area contributed by atoms with Gasteiger partial charge in [-0.1, -0.05) is 6.92 Å². The molecular weight excluding hydrogens is 165 g/mol. The van der Waals surface area contributed by atoms with E-state index in [9.17, 15) is 9.90 Å². The van der Waals surface area contributed by atoms with Crippen molar-refractivity contribution in [2.45, 2.75) is 25.6 Å². The summed E-state index contributed by atoms with van der Waals surface area (Å²) in [5.41, 5.74) is 0. The van der Waals surface area contributed by atoms with E-state index in [2.05, 4.69) is 4.74 Å². The van der Waals surface area contributed by atoms with Crippen LogP contribution in [0.3, 0.4) is 0 Å². The number of carbonyl (C=O) groups excluding carboxylic acids is 1. The molecule has 0 spiro atoms. The van der Waals surface area contributed by atoms with E-state index in [-0.39, 0.29) is 0 Å². The van der Waals surface area contributed by atoms with Crippen molar-refractivity contribution in [1.82, 2.24) is 0 Å². The summed E-state index contributed by atoms with van der Waals surface area (Å²) < 4.78 is 4.48. The van der Waals surface area contributed by atoms with E-state index in [1.54, 1.807) is 6.92 Å². The molecule has 5 nitrogen and oxygen atoms in total. The van der Waals surface area contributed by atoms with Gasteiger partial charge in [0.2, 0.25) is 5.76 Å². The van der Waals surface area contributed by atoms with E-state index in [1.165, 1.54) is 0 Å². The molecule has 1 aliphatic heterocycles. The molecule has 1 aliphatic rings. The van der Waals surface area contributed by atoms with Gasteiger partial charge < -0.3 is 20.1 Å². The molecule has 0 aromatic rings. The maximum Gasteiger partial charge on any atom is 0.377 e. The zero-order valence-corrected chi connectivity index (χ0v) is 6.52. The molecule has 0 unspecified atom stereocenters. The molecule has 2 atom stereocenters. The van der Waals surface area contributed by atoms with Crippen LogP contribution in [0.15, 0.2) is 11.5 Å². The summed E-state index contributed by atoms with van der Waals surface area (Å²) in [7, 11) is 0. The Labute approximate surface area is 68.9 Å². The number of aliphatic hydroxyl groups excluding tert-OH is 3. The van der Waals surface area contributed by atoms with Crippen LogP contribution < -0.4 is 0 Å². The highest BCUT2D eigenvalue weighted by Gasteiger charge is 2.38. The lowest BCUT2D eigenvalue weighted by atomic mass is 10.1. The SMILES string of the molecule is CC[C@H](O)[C@H]1O[13C](=O)C(O)=C1O. The van der Waals surface area contributed by atoms with E-state index in [0.29, 0.717) is 6.42 Å². The third kappa shape index (κ3) is 1.23. The second-order valence-corrected chi connectivity index (χ2v) is 2.54. The second kappa shape index (κ2) is 3.02. The molecule has 0 bridgehead atoms. The van der Waals surface area contributed by atoms with E-state index < -0.39 is 29.7 Å². The molecule has 0 aliphatic carbocycles. The van der Waals surface area contributed by atoms with Crippen molar-refractivity contribution in [1.29, 1.82) is 0 Å². The predicted octanol–water partition coefficient (Wildman–Crippen LogP) is 0.0103. The molecule has 0 aromatic heterocycles. The van der Waals surface area contributed by atoms with Crippen LogP contribution in [0.5, 0.6) is 0 Å². The van der Waals surface area contributed by atoms with E-state index in [1.807, 2.05) is 0 Å². The van der Waals surface area contributed by atoms with Crippen LogP contribution in [0, 0.1) is 0 Å². The van der Waals surface area contributed by atoms with Crippen molar-refractivity contribution in [3.63, 3.8) is 0 Å². The van der Waals surface area contributed by atoms with E-state index in [4.69, 9.17) is 10.2 Å². The molecule has 0 aromatic carbocycles. The number of cyclic esters (lactones) is 1. The van der Waals surface area contributed by atoms with Crippen molar-refractivity contribution >= 4 is 5.97 Å². The van der Waals surface area contributed by atoms with Crippen LogP contribution in [-0.4, -0.2) is 33.5 Å². The van der Waals surface area contributed by atoms with Gasteiger partial charge in [-0.15, -0.1) is 0 Å². The number of ether oxygens (including phenoxy) is 1. The molecule has 68 valence electrons. The van der Waals surface area contributed by atoms with Crippen molar-refractivity contribution in [3.05, 3.63) is 11.5 Å². The fraction of sp³-hybridized carbons (Fsp3) is 0.571. The summed E-state index contributed by atoms with van der Waals surface area (Å²) in [6.45, 7) is 1.67. The molecule has 5 heteroatoms. The largest absolute Gasteiger partial charge is 0.505 e. The van der Waals surface area contributed by atoms with Crippen LogP contribution in [0.25, 0.3) is 0 Å². The van der Waals surface area contributed by atoms with Crippen molar-refractivity contribution in [3.8, 4) is 0 Å². The first-order chi connectivity index (χ1) is 5.57. The quantitative estimate of drug-likeness (QED) is 0.406. The number of hydrogen-bond acceptors (Lipinski definition) is 5. The Morgan fingerprint density at radius 3 is 2.50 bits per heavy atom. The summed E-state index contributed by atoms with van der Waals surface area (Å²) in [5, 5.41) is 27.1. The Morgan fingerprint density at radius 2 is 2.17 bits per heavy atom. The van der Waals surface area contributed by atoms with Gasteiger partial charge in [0.15, 0.2) is 11.9 Å². The van der Waals surface area contributed by atoms with Gasteiger partial charge in [0.25, 0.3) is 0 Å². The summed E-state index contributed by atoms with van der Waals surface area (Å²) in [6, 6.07) is 0. The average molecular weight is 175 g/mol. The third-order valence-corrected chi connectivity index (χ3v) is 1.71. The molecule has 0 saturated heterocycles. The van der Waals surface area contributed by atoms with Crippen LogP contribution in [0.2, 0.25) is 0 Å². The minimum atomic E-state index is -1.11. The molecule has 0 saturated carbocycles. The van der Waals surface area contributed by atoms with Gasteiger partial charge in [-0.3, -0.25) is 0 Å². The molecule has 0 amide bonds. The molecule has 1 heterocycles. The molecule has 12 heavy (non-hydrogen) atoms. The maximum atomic E-state index is 10.6. The highest BCUT2D eigenvalue weighted by atomic mass is 16.7. The highest BCUT2D eigenvalue weighted by Crippen LogP contribution is 2.22. The summed E-state index contributed by atoms with van der Waals surface area (Å²) in [6.07, 6.45) is -1.75. The Balaban J connectivity index is 2.80. The monoisotopic (exact) mass is 175 g/mol. The fourth-order valence-electron chi connectivity index (χ4n) is 0.941. The Bertz CT molecular complexity index is 232. The van der Waals surface area contributed by atoms with E-state index in [0.717, 1.165) is 0 Å². The summed E-state index contributed by atoms with van der Waals surface area (Å²) in [5.74, 6) is -2.40.